The number of nitrogens with one attached hydrogen (secondary N) is 2. The van der Waals surface area contributed by atoms with Crippen LogP contribution in [0.3, 0.4) is 0 Å². The lowest BCUT2D eigenvalue weighted by molar-refractivity contribution is 0.0936. The second-order valence-corrected chi connectivity index (χ2v) is 4.52. The number of nitrogens with zero attached hydrogens (tertiary/aromatic N) is 1. The van der Waals surface area contributed by atoms with Crippen LogP contribution in [0.25, 0.3) is 0 Å². The zero-order valence-corrected chi connectivity index (χ0v) is 12.2. The van der Waals surface area contributed by atoms with Crippen molar-refractivity contribution >= 4 is 17.5 Å². The molecule has 2 amide bonds. The fourth-order valence-electron chi connectivity index (χ4n) is 1.81. The van der Waals surface area contributed by atoms with E-state index in [2.05, 4.69) is 15.6 Å². The molecule has 0 bridgehead atoms. The first-order valence-electron chi connectivity index (χ1n) is 6.79. The number of ether oxygens (including phenoxy) is 1. The molecule has 0 saturated heterocycles. The van der Waals surface area contributed by atoms with Crippen LogP contribution in [0.1, 0.15) is 20.7 Å². The number of pyridine rings is 1. The van der Waals surface area contributed by atoms with E-state index in [1.807, 2.05) is 0 Å². The summed E-state index contributed by atoms with van der Waals surface area (Å²) < 4.78 is 4.88. The fraction of sp³-hybridized carbons (Fsp3) is 0.188. The number of anilines is 1. The van der Waals surface area contributed by atoms with Gasteiger partial charge < -0.3 is 15.4 Å². The zero-order valence-electron chi connectivity index (χ0n) is 12.2. The van der Waals surface area contributed by atoms with Crippen molar-refractivity contribution in [1.82, 2.24) is 10.3 Å². The first kappa shape index (κ1) is 15.7. The highest BCUT2D eigenvalue weighted by Gasteiger charge is 2.08. The van der Waals surface area contributed by atoms with E-state index in [-0.39, 0.29) is 11.8 Å². The second-order valence-electron chi connectivity index (χ2n) is 4.52. The van der Waals surface area contributed by atoms with Crippen molar-refractivity contribution in [1.29, 1.82) is 0 Å². The number of amides is 2. The molecule has 0 unspecified atom stereocenters. The third kappa shape index (κ3) is 4.39. The molecule has 0 saturated carbocycles. The smallest absolute Gasteiger partial charge is 0.255 e. The van der Waals surface area contributed by atoms with Gasteiger partial charge in [0.15, 0.2) is 0 Å². The van der Waals surface area contributed by atoms with Gasteiger partial charge in [-0.25, -0.2) is 0 Å². The summed E-state index contributed by atoms with van der Waals surface area (Å²) in [6.45, 7) is 0.882. The molecule has 1 aromatic heterocycles. The first-order valence-corrected chi connectivity index (χ1v) is 6.79. The molecule has 0 aliphatic carbocycles. The van der Waals surface area contributed by atoms with Crippen molar-refractivity contribution in [3.8, 4) is 0 Å². The van der Waals surface area contributed by atoms with Gasteiger partial charge in [0, 0.05) is 42.9 Å². The van der Waals surface area contributed by atoms with Gasteiger partial charge in [0.25, 0.3) is 11.8 Å². The Balaban J connectivity index is 2.02. The van der Waals surface area contributed by atoms with Gasteiger partial charge >= 0.3 is 0 Å². The summed E-state index contributed by atoms with van der Waals surface area (Å²) in [5, 5.41) is 5.48. The Morgan fingerprint density at radius 3 is 2.59 bits per heavy atom. The summed E-state index contributed by atoms with van der Waals surface area (Å²) in [4.78, 5) is 27.9. The van der Waals surface area contributed by atoms with E-state index in [1.54, 1.807) is 55.9 Å². The standard InChI is InChI=1S/C16H17N3O3/c1-22-10-9-18-15(20)13-3-2-4-14(11-13)19-16(21)12-5-7-17-8-6-12/h2-8,11H,9-10H2,1H3,(H,18,20)(H,19,21). The molecule has 0 aliphatic heterocycles. The number of hydrogen-bond donors (Lipinski definition) is 2. The molecular formula is C16H17N3O3. The van der Waals surface area contributed by atoms with Crippen LogP contribution in [0.15, 0.2) is 48.8 Å². The van der Waals surface area contributed by atoms with Gasteiger partial charge in [-0.3, -0.25) is 14.6 Å². The van der Waals surface area contributed by atoms with Crippen LogP contribution < -0.4 is 10.6 Å². The Morgan fingerprint density at radius 2 is 1.86 bits per heavy atom. The van der Waals surface area contributed by atoms with Gasteiger partial charge in [0.05, 0.1) is 6.61 Å². The number of benzene rings is 1. The van der Waals surface area contributed by atoms with Crippen molar-refractivity contribution in [2.24, 2.45) is 0 Å². The lowest BCUT2D eigenvalue weighted by atomic mass is 10.1. The maximum Gasteiger partial charge on any atom is 0.255 e. The summed E-state index contributed by atoms with van der Waals surface area (Å²) >= 11 is 0. The van der Waals surface area contributed by atoms with Crippen LogP contribution in [0.4, 0.5) is 5.69 Å². The van der Waals surface area contributed by atoms with Gasteiger partial charge in [0.1, 0.15) is 0 Å². The van der Waals surface area contributed by atoms with E-state index in [0.29, 0.717) is 30.0 Å². The van der Waals surface area contributed by atoms with Gasteiger partial charge in [-0.1, -0.05) is 6.07 Å². The molecular weight excluding hydrogens is 282 g/mol. The maximum absolute atomic E-state index is 12.1. The van der Waals surface area contributed by atoms with E-state index in [9.17, 15) is 9.59 Å². The minimum Gasteiger partial charge on any atom is -0.383 e. The Kier molecular flexibility index (Phi) is 5.62. The highest BCUT2D eigenvalue weighted by molar-refractivity contribution is 6.05. The van der Waals surface area contributed by atoms with Gasteiger partial charge in [0.2, 0.25) is 0 Å². The number of carbonyl (C=O) groups is 2. The number of rotatable bonds is 6. The molecule has 114 valence electrons. The molecule has 6 heteroatoms. The molecule has 0 spiro atoms. The normalized spacial score (nSPS) is 10.0. The van der Waals surface area contributed by atoms with Crippen LogP contribution in [0.2, 0.25) is 0 Å². The van der Waals surface area contributed by atoms with E-state index in [1.165, 1.54) is 0 Å². The molecule has 2 rings (SSSR count). The lowest BCUT2D eigenvalue weighted by Crippen LogP contribution is -2.27. The molecule has 1 heterocycles. The van der Waals surface area contributed by atoms with E-state index in [4.69, 9.17) is 4.74 Å². The SMILES string of the molecule is COCCNC(=O)c1cccc(NC(=O)c2ccncc2)c1. The number of methoxy groups -OCH3 is 1. The Morgan fingerprint density at radius 1 is 1.09 bits per heavy atom. The largest absolute Gasteiger partial charge is 0.383 e. The minimum absolute atomic E-state index is 0.211. The molecule has 6 nitrogen and oxygen atoms in total. The van der Waals surface area contributed by atoms with Crippen LogP contribution in [-0.4, -0.2) is 37.1 Å². The molecule has 1 aromatic carbocycles. The van der Waals surface area contributed by atoms with E-state index >= 15 is 0 Å². The van der Waals surface area contributed by atoms with Crippen molar-refractivity contribution < 1.29 is 14.3 Å². The predicted octanol–water partition coefficient (Wildman–Crippen LogP) is 1.71. The van der Waals surface area contributed by atoms with Crippen molar-refractivity contribution in [3.63, 3.8) is 0 Å². The third-order valence-electron chi connectivity index (χ3n) is 2.92. The first-order chi connectivity index (χ1) is 10.7. The predicted molar refractivity (Wildman–Crippen MR) is 82.8 cm³/mol. The zero-order chi connectivity index (χ0) is 15.8. The molecule has 0 aliphatic rings. The maximum atomic E-state index is 12.1. The van der Waals surface area contributed by atoms with Crippen LogP contribution in [0.5, 0.6) is 0 Å². The summed E-state index contributed by atoms with van der Waals surface area (Å²) in [7, 11) is 1.57. The number of aromatic nitrogens is 1. The second kappa shape index (κ2) is 7.90. The summed E-state index contributed by atoms with van der Waals surface area (Å²) in [6.07, 6.45) is 3.10. The van der Waals surface area contributed by atoms with Crippen molar-refractivity contribution in [3.05, 3.63) is 59.9 Å². The molecule has 2 N–H and O–H groups in total. The van der Waals surface area contributed by atoms with Gasteiger partial charge in [-0.05, 0) is 30.3 Å². The van der Waals surface area contributed by atoms with Crippen molar-refractivity contribution in [2.75, 3.05) is 25.6 Å². The molecule has 0 atom stereocenters. The quantitative estimate of drug-likeness (QED) is 0.796. The molecule has 0 radical (unpaired) electrons. The van der Waals surface area contributed by atoms with Crippen LogP contribution >= 0.6 is 0 Å². The van der Waals surface area contributed by atoms with Gasteiger partial charge in [-0.2, -0.15) is 0 Å². The molecule has 2 aromatic rings. The fourth-order valence-corrected chi connectivity index (χ4v) is 1.81. The number of carbonyl (C=O) groups excluding carboxylic acids is 2. The van der Waals surface area contributed by atoms with E-state index in [0.717, 1.165) is 0 Å². The Hall–Kier alpha value is -2.73. The molecule has 0 fully saturated rings. The van der Waals surface area contributed by atoms with Gasteiger partial charge in [-0.15, -0.1) is 0 Å². The summed E-state index contributed by atoms with van der Waals surface area (Å²) in [5.41, 5.74) is 1.54. The highest BCUT2D eigenvalue weighted by atomic mass is 16.5. The van der Waals surface area contributed by atoms with E-state index < -0.39 is 0 Å². The van der Waals surface area contributed by atoms with Crippen LogP contribution in [-0.2, 0) is 4.74 Å². The molecule has 22 heavy (non-hydrogen) atoms. The summed E-state index contributed by atoms with van der Waals surface area (Å²) in [6, 6.07) is 10.00. The Bertz CT molecular complexity index is 644. The minimum atomic E-state index is -0.251. The highest BCUT2D eigenvalue weighted by Crippen LogP contribution is 2.12. The Labute approximate surface area is 128 Å². The lowest BCUT2D eigenvalue weighted by Gasteiger charge is -2.08. The summed E-state index contributed by atoms with van der Waals surface area (Å²) in [5.74, 6) is -0.462. The number of hydrogen-bond acceptors (Lipinski definition) is 4. The van der Waals surface area contributed by atoms with Crippen molar-refractivity contribution in [2.45, 2.75) is 0 Å². The third-order valence-corrected chi connectivity index (χ3v) is 2.92. The average molecular weight is 299 g/mol. The monoisotopic (exact) mass is 299 g/mol. The van der Waals surface area contributed by atoms with Crippen LogP contribution in [0, 0.1) is 0 Å². The topological polar surface area (TPSA) is 80.3 Å². The average Bonchev–Trinajstić information content (AvgIpc) is 2.56.